The van der Waals surface area contributed by atoms with Gasteiger partial charge in [0.2, 0.25) is 0 Å². The fourth-order valence-corrected chi connectivity index (χ4v) is 5.14. The van der Waals surface area contributed by atoms with Gasteiger partial charge in [-0.1, -0.05) is 0 Å². The number of rotatable bonds is 4. The molecule has 0 spiro atoms. The Morgan fingerprint density at radius 2 is 2.00 bits per heavy atom. The number of carbonyl (C=O) groups excluding carboxylic acids is 1. The molecule has 3 aromatic rings. The first-order chi connectivity index (χ1) is 14.5. The summed E-state index contributed by atoms with van der Waals surface area (Å²) in [5, 5.41) is 8.48. The average Bonchev–Trinajstić information content (AvgIpc) is 3.10. The number of methoxy groups -OCH3 is 1. The van der Waals surface area contributed by atoms with E-state index in [4.69, 9.17) is 4.74 Å². The fraction of sp³-hybridized carbons (Fsp3) is 0.476. The normalized spacial score (nSPS) is 25.4. The van der Waals surface area contributed by atoms with Crippen LogP contribution < -0.4 is 5.32 Å². The van der Waals surface area contributed by atoms with E-state index in [1.807, 2.05) is 0 Å². The summed E-state index contributed by atoms with van der Waals surface area (Å²) < 4.78 is 20.5. The minimum absolute atomic E-state index is 0.0210. The highest BCUT2D eigenvalue weighted by molar-refractivity contribution is 5.89. The lowest BCUT2D eigenvalue weighted by Crippen LogP contribution is -2.51. The van der Waals surface area contributed by atoms with Crippen LogP contribution in [0.3, 0.4) is 0 Å². The number of hydrogen-bond acceptors (Lipinski definition) is 7. The van der Waals surface area contributed by atoms with Crippen molar-refractivity contribution in [2.45, 2.75) is 31.7 Å². The average molecular weight is 410 g/mol. The fourth-order valence-electron chi connectivity index (χ4n) is 5.14. The number of ether oxygens (including phenoxy) is 1. The van der Waals surface area contributed by atoms with Crippen molar-refractivity contribution in [1.29, 1.82) is 0 Å². The van der Waals surface area contributed by atoms with Gasteiger partial charge in [0.05, 0.1) is 24.6 Å². The summed E-state index contributed by atoms with van der Waals surface area (Å²) in [4.78, 5) is 25.6. The van der Waals surface area contributed by atoms with E-state index in [0.29, 0.717) is 40.2 Å². The lowest BCUT2D eigenvalue weighted by atomic mass is 9.61. The Hall–Kier alpha value is -3.10. The highest BCUT2D eigenvalue weighted by Crippen LogP contribution is 2.46. The van der Waals surface area contributed by atoms with Crippen molar-refractivity contribution in [3.05, 3.63) is 30.3 Å². The van der Waals surface area contributed by atoms with Gasteiger partial charge in [-0.2, -0.15) is 5.10 Å². The molecule has 3 fully saturated rings. The third-order valence-corrected chi connectivity index (χ3v) is 6.52. The minimum atomic E-state index is -0.440. The van der Waals surface area contributed by atoms with Crippen LogP contribution in [0.5, 0.6) is 0 Å². The van der Waals surface area contributed by atoms with Crippen LogP contribution in [0.15, 0.2) is 24.5 Å². The third-order valence-electron chi connectivity index (χ3n) is 6.52. The largest absolute Gasteiger partial charge is 0.469 e. The molecule has 0 aromatic carbocycles. The lowest BCUT2D eigenvalue weighted by molar-refractivity contribution is -0.152. The summed E-state index contributed by atoms with van der Waals surface area (Å²) in [5.41, 5.74) is 1.03. The zero-order valence-electron chi connectivity index (χ0n) is 16.9. The zero-order valence-corrected chi connectivity index (χ0v) is 16.9. The van der Waals surface area contributed by atoms with Crippen molar-refractivity contribution in [3.8, 4) is 11.5 Å². The number of aromatic nitrogens is 5. The molecule has 9 heteroatoms. The van der Waals surface area contributed by atoms with Crippen LogP contribution >= 0.6 is 0 Å². The van der Waals surface area contributed by atoms with Gasteiger partial charge in [-0.05, 0) is 49.7 Å². The maximum absolute atomic E-state index is 13.8. The highest BCUT2D eigenvalue weighted by Gasteiger charge is 2.47. The topological polar surface area (TPSA) is 94.8 Å². The van der Waals surface area contributed by atoms with E-state index >= 15 is 0 Å². The summed E-state index contributed by atoms with van der Waals surface area (Å²) >= 11 is 0. The number of nitrogens with zero attached hydrogens (tertiary/aromatic N) is 5. The number of halogens is 1. The first-order valence-electron chi connectivity index (χ1n) is 10.2. The van der Waals surface area contributed by atoms with Gasteiger partial charge in [0.1, 0.15) is 17.3 Å². The first kappa shape index (κ1) is 18.9. The van der Waals surface area contributed by atoms with Crippen LogP contribution in [0.4, 0.5) is 10.2 Å². The van der Waals surface area contributed by atoms with E-state index in [2.05, 4.69) is 25.4 Å². The Labute approximate surface area is 172 Å². The van der Waals surface area contributed by atoms with Crippen molar-refractivity contribution >= 4 is 22.8 Å². The SMILES string of the molecule is COC(=O)[C@H]1C2CCC(CC2)C1Nc1ccnc(-c2nn(C)c3ncc(F)cc23)n1. The molecular formula is C21H23FN6O2. The molecule has 6 rings (SSSR count). The smallest absolute Gasteiger partial charge is 0.311 e. The molecule has 1 unspecified atom stereocenters. The molecule has 0 saturated heterocycles. The van der Waals surface area contributed by atoms with Gasteiger partial charge in [-0.25, -0.2) is 24.0 Å². The summed E-state index contributed by atoms with van der Waals surface area (Å²) in [6.45, 7) is 0. The maximum atomic E-state index is 13.8. The Morgan fingerprint density at radius 3 is 2.77 bits per heavy atom. The molecule has 2 atom stereocenters. The number of anilines is 1. The molecule has 1 N–H and O–H groups in total. The predicted octanol–water partition coefficient (Wildman–Crippen LogP) is 2.95. The third kappa shape index (κ3) is 3.09. The van der Waals surface area contributed by atoms with E-state index in [1.54, 1.807) is 24.0 Å². The number of nitrogens with one attached hydrogen (secondary N) is 1. The molecule has 0 amide bonds. The number of hydrogen-bond donors (Lipinski definition) is 1. The number of esters is 1. The second kappa shape index (κ2) is 7.30. The van der Waals surface area contributed by atoms with Crippen LogP contribution in [0.2, 0.25) is 0 Å². The van der Waals surface area contributed by atoms with E-state index in [0.717, 1.165) is 31.9 Å². The van der Waals surface area contributed by atoms with Crippen molar-refractivity contribution in [2.75, 3.05) is 12.4 Å². The Bertz CT molecular complexity index is 1110. The van der Waals surface area contributed by atoms with Gasteiger partial charge in [-0.3, -0.25) is 4.79 Å². The molecule has 3 heterocycles. The monoisotopic (exact) mass is 410 g/mol. The van der Waals surface area contributed by atoms with E-state index < -0.39 is 5.82 Å². The molecule has 8 nitrogen and oxygen atoms in total. The summed E-state index contributed by atoms with van der Waals surface area (Å²) in [7, 11) is 3.20. The van der Waals surface area contributed by atoms with Crippen LogP contribution in [-0.2, 0) is 16.6 Å². The summed E-state index contributed by atoms with van der Waals surface area (Å²) in [5.74, 6) is 0.984. The number of aryl methyl sites for hydroxylation is 1. The van der Waals surface area contributed by atoms with Crippen LogP contribution in [0.25, 0.3) is 22.6 Å². The second-order valence-corrected chi connectivity index (χ2v) is 8.16. The molecule has 3 aliphatic rings. The Morgan fingerprint density at radius 1 is 1.23 bits per heavy atom. The van der Waals surface area contributed by atoms with Crippen LogP contribution in [0.1, 0.15) is 25.7 Å². The van der Waals surface area contributed by atoms with E-state index in [9.17, 15) is 9.18 Å². The van der Waals surface area contributed by atoms with Crippen molar-refractivity contribution < 1.29 is 13.9 Å². The Kier molecular flexibility index (Phi) is 4.60. The highest BCUT2D eigenvalue weighted by atomic mass is 19.1. The second-order valence-electron chi connectivity index (χ2n) is 8.16. The van der Waals surface area contributed by atoms with Gasteiger partial charge in [0.15, 0.2) is 11.5 Å². The first-order valence-corrected chi connectivity index (χ1v) is 10.2. The number of fused-ring (bicyclic) bond motifs is 4. The quantitative estimate of drug-likeness (QED) is 0.661. The van der Waals surface area contributed by atoms with Gasteiger partial charge in [-0.15, -0.1) is 0 Å². The molecule has 0 radical (unpaired) electrons. The van der Waals surface area contributed by atoms with Crippen molar-refractivity contribution in [2.24, 2.45) is 24.8 Å². The molecule has 30 heavy (non-hydrogen) atoms. The molecule has 2 bridgehead atoms. The van der Waals surface area contributed by atoms with Gasteiger partial charge >= 0.3 is 5.97 Å². The standard InChI is InChI=1S/C21H23FN6O2/c1-28-20-14(9-13(22)10-24-20)18(27-28)19-23-8-7-15(26-19)25-17-12-5-3-11(4-6-12)16(17)21(29)30-2/h7-12,16-17H,3-6H2,1-2H3,(H,23,25,26)/t11?,12?,16-,17?/m0/s1. The van der Waals surface area contributed by atoms with E-state index in [1.165, 1.54) is 13.2 Å². The maximum Gasteiger partial charge on any atom is 0.311 e. The molecular weight excluding hydrogens is 387 g/mol. The van der Waals surface area contributed by atoms with Crippen LogP contribution in [0, 0.1) is 23.6 Å². The van der Waals surface area contributed by atoms with Gasteiger partial charge in [0.25, 0.3) is 0 Å². The Balaban J connectivity index is 1.49. The van der Waals surface area contributed by atoms with Gasteiger partial charge in [0, 0.05) is 19.3 Å². The van der Waals surface area contributed by atoms with Crippen molar-refractivity contribution in [1.82, 2.24) is 24.7 Å². The van der Waals surface area contributed by atoms with Crippen LogP contribution in [-0.4, -0.2) is 43.9 Å². The zero-order chi connectivity index (χ0) is 20.8. The molecule has 3 aromatic heterocycles. The minimum Gasteiger partial charge on any atom is -0.469 e. The van der Waals surface area contributed by atoms with Gasteiger partial charge < -0.3 is 10.1 Å². The summed E-state index contributed by atoms with van der Waals surface area (Å²) in [6, 6.07) is 3.15. The number of carbonyl (C=O) groups is 1. The lowest BCUT2D eigenvalue weighted by Gasteiger charge is -2.47. The molecule has 0 aliphatic heterocycles. The number of pyridine rings is 1. The summed E-state index contributed by atoms with van der Waals surface area (Å²) in [6.07, 6.45) is 7.14. The predicted molar refractivity (Wildman–Crippen MR) is 108 cm³/mol. The van der Waals surface area contributed by atoms with E-state index in [-0.39, 0.29) is 17.9 Å². The molecule has 156 valence electrons. The molecule has 3 aliphatic carbocycles. The van der Waals surface area contributed by atoms with Crippen molar-refractivity contribution in [3.63, 3.8) is 0 Å². The molecule has 3 saturated carbocycles.